The van der Waals surface area contributed by atoms with Crippen molar-refractivity contribution in [1.29, 1.82) is 0 Å². The van der Waals surface area contributed by atoms with Gasteiger partial charge in [-0.1, -0.05) is 18.9 Å². The molecule has 1 aromatic heterocycles. The van der Waals surface area contributed by atoms with Crippen LogP contribution in [0.4, 0.5) is 0 Å². The van der Waals surface area contributed by atoms with E-state index in [9.17, 15) is 0 Å². The van der Waals surface area contributed by atoms with Crippen molar-refractivity contribution < 1.29 is 0 Å². The van der Waals surface area contributed by atoms with Gasteiger partial charge >= 0.3 is 0 Å². The summed E-state index contributed by atoms with van der Waals surface area (Å²) in [6.07, 6.45) is 6.79. The zero-order valence-electron chi connectivity index (χ0n) is 8.89. The molecule has 0 atom stereocenters. The monoisotopic (exact) mass is 203 g/mol. The summed E-state index contributed by atoms with van der Waals surface area (Å²) in [5.41, 5.74) is 6.93. The molecule has 15 heavy (non-hydrogen) atoms. The zero-order chi connectivity index (χ0) is 10.5. The van der Waals surface area contributed by atoms with Crippen LogP contribution < -0.4 is 5.73 Å². The average Bonchev–Trinajstić information content (AvgIpc) is 2.81. The summed E-state index contributed by atoms with van der Waals surface area (Å²) in [7, 11) is 0. The van der Waals surface area contributed by atoms with Crippen molar-refractivity contribution in [2.75, 3.05) is 0 Å². The highest BCUT2D eigenvalue weighted by Crippen LogP contribution is 2.24. The van der Waals surface area contributed by atoms with Gasteiger partial charge in [-0.2, -0.15) is 0 Å². The molecule has 1 aromatic rings. The van der Waals surface area contributed by atoms with Gasteiger partial charge in [0.2, 0.25) is 0 Å². The van der Waals surface area contributed by atoms with Crippen LogP contribution in [-0.4, -0.2) is 10.8 Å². The Balaban J connectivity index is 1.93. The molecule has 0 bridgehead atoms. The highest BCUT2D eigenvalue weighted by atomic mass is 14.9. The standard InChI is InChI=1S/C12H17N3/c13-12(10-5-1-2-6-10)15-9-11-7-3-4-8-14-11/h3-4,7-8,10H,1-2,5-6,9H2,(H2,13,15). The Kier molecular flexibility index (Phi) is 3.33. The smallest absolute Gasteiger partial charge is 0.0973 e. The molecule has 0 amide bonds. The maximum Gasteiger partial charge on any atom is 0.0973 e. The first kappa shape index (κ1) is 10.1. The Hall–Kier alpha value is -1.38. The Morgan fingerprint density at radius 3 is 2.87 bits per heavy atom. The molecule has 0 aromatic carbocycles. The number of rotatable bonds is 3. The molecule has 0 aliphatic heterocycles. The van der Waals surface area contributed by atoms with Gasteiger partial charge in [0.05, 0.1) is 18.1 Å². The third-order valence-electron chi connectivity index (χ3n) is 2.92. The van der Waals surface area contributed by atoms with Crippen LogP contribution in [0.5, 0.6) is 0 Å². The van der Waals surface area contributed by atoms with E-state index < -0.39 is 0 Å². The second kappa shape index (κ2) is 4.91. The summed E-state index contributed by atoms with van der Waals surface area (Å²) in [4.78, 5) is 8.62. The minimum absolute atomic E-state index is 0.522. The van der Waals surface area contributed by atoms with Gasteiger partial charge in [-0.05, 0) is 25.0 Å². The second-order valence-electron chi connectivity index (χ2n) is 4.04. The molecule has 1 aliphatic rings. The van der Waals surface area contributed by atoms with Gasteiger partial charge in [0.15, 0.2) is 0 Å². The van der Waals surface area contributed by atoms with Gasteiger partial charge in [-0.15, -0.1) is 0 Å². The number of nitrogens with two attached hydrogens (primary N) is 1. The molecule has 3 heteroatoms. The van der Waals surface area contributed by atoms with Crippen LogP contribution in [-0.2, 0) is 6.54 Å². The topological polar surface area (TPSA) is 51.3 Å². The second-order valence-corrected chi connectivity index (χ2v) is 4.04. The van der Waals surface area contributed by atoms with E-state index in [1.165, 1.54) is 25.7 Å². The maximum atomic E-state index is 5.95. The molecular weight excluding hydrogens is 186 g/mol. The van der Waals surface area contributed by atoms with Gasteiger partial charge in [-0.25, -0.2) is 0 Å². The fraction of sp³-hybridized carbons (Fsp3) is 0.500. The molecule has 0 saturated heterocycles. The van der Waals surface area contributed by atoms with Gasteiger partial charge in [0.25, 0.3) is 0 Å². The minimum Gasteiger partial charge on any atom is -0.387 e. The Morgan fingerprint density at radius 2 is 2.20 bits per heavy atom. The summed E-state index contributed by atoms with van der Waals surface area (Å²) < 4.78 is 0. The molecular formula is C12H17N3. The van der Waals surface area contributed by atoms with Crippen molar-refractivity contribution in [3.05, 3.63) is 30.1 Å². The number of amidine groups is 1. The van der Waals surface area contributed by atoms with Crippen LogP contribution in [0.3, 0.4) is 0 Å². The normalized spacial score (nSPS) is 18.3. The van der Waals surface area contributed by atoms with Crippen molar-refractivity contribution in [2.24, 2.45) is 16.6 Å². The lowest BCUT2D eigenvalue weighted by atomic mass is 10.1. The first-order valence-electron chi connectivity index (χ1n) is 5.56. The number of aromatic nitrogens is 1. The van der Waals surface area contributed by atoms with Crippen LogP contribution in [0, 0.1) is 5.92 Å². The Labute approximate surface area is 90.4 Å². The SMILES string of the molecule is NC(=NCc1ccccn1)C1CCCC1. The maximum absolute atomic E-state index is 5.95. The molecule has 2 N–H and O–H groups in total. The number of pyridine rings is 1. The van der Waals surface area contributed by atoms with E-state index in [0.717, 1.165) is 11.5 Å². The van der Waals surface area contributed by atoms with E-state index in [2.05, 4.69) is 9.98 Å². The van der Waals surface area contributed by atoms with E-state index in [-0.39, 0.29) is 0 Å². The van der Waals surface area contributed by atoms with Crippen LogP contribution in [0.25, 0.3) is 0 Å². The van der Waals surface area contributed by atoms with Crippen LogP contribution in [0.2, 0.25) is 0 Å². The quantitative estimate of drug-likeness (QED) is 0.604. The fourth-order valence-electron chi connectivity index (χ4n) is 2.01. The highest BCUT2D eigenvalue weighted by Gasteiger charge is 2.18. The molecule has 3 nitrogen and oxygen atoms in total. The summed E-state index contributed by atoms with van der Waals surface area (Å²) in [5, 5.41) is 0. The number of hydrogen-bond donors (Lipinski definition) is 1. The third kappa shape index (κ3) is 2.78. The number of hydrogen-bond acceptors (Lipinski definition) is 2. The van der Waals surface area contributed by atoms with Crippen molar-refractivity contribution >= 4 is 5.84 Å². The molecule has 80 valence electrons. The molecule has 2 rings (SSSR count). The van der Waals surface area contributed by atoms with Crippen molar-refractivity contribution in [1.82, 2.24) is 4.98 Å². The molecule has 1 aliphatic carbocycles. The zero-order valence-corrected chi connectivity index (χ0v) is 8.89. The summed E-state index contributed by atoms with van der Waals surface area (Å²) >= 11 is 0. The van der Waals surface area contributed by atoms with E-state index in [4.69, 9.17) is 5.73 Å². The third-order valence-corrected chi connectivity index (χ3v) is 2.92. The summed E-state index contributed by atoms with van der Waals surface area (Å²) in [6, 6.07) is 5.86. The van der Waals surface area contributed by atoms with Crippen molar-refractivity contribution in [3.8, 4) is 0 Å². The molecule has 0 radical (unpaired) electrons. The summed E-state index contributed by atoms with van der Waals surface area (Å²) in [6.45, 7) is 0.614. The predicted octanol–water partition coefficient (Wildman–Crippen LogP) is 2.13. The average molecular weight is 203 g/mol. The lowest BCUT2D eigenvalue weighted by molar-refractivity contribution is 0.714. The largest absolute Gasteiger partial charge is 0.387 e. The van der Waals surface area contributed by atoms with E-state index in [0.29, 0.717) is 12.5 Å². The Morgan fingerprint density at radius 1 is 1.40 bits per heavy atom. The lowest BCUT2D eigenvalue weighted by Crippen LogP contribution is -2.21. The van der Waals surface area contributed by atoms with E-state index in [1.807, 2.05) is 18.2 Å². The van der Waals surface area contributed by atoms with Gasteiger partial charge in [0, 0.05) is 12.1 Å². The number of aliphatic imine (C=N–C) groups is 1. The number of nitrogens with zero attached hydrogens (tertiary/aromatic N) is 2. The van der Waals surface area contributed by atoms with Crippen LogP contribution in [0.15, 0.2) is 29.4 Å². The summed E-state index contributed by atoms with van der Waals surface area (Å²) in [5.74, 6) is 1.34. The predicted molar refractivity (Wildman–Crippen MR) is 61.5 cm³/mol. The van der Waals surface area contributed by atoms with E-state index in [1.54, 1.807) is 6.20 Å². The van der Waals surface area contributed by atoms with Gasteiger partial charge in [-0.3, -0.25) is 9.98 Å². The van der Waals surface area contributed by atoms with Crippen LogP contribution >= 0.6 is 0 Å². The van der Waals surface area contributed by atoms with Gasteiger partial charge < -0.3 is 5.73 Å². The first-order valence-corrected chi connectivity index (χ1v) is 5.56. The minimum atomic E-state index is 0.522. The first-order chi connectivity index (χ1) is 7.36. The molecule has 1 fully saturated rings. The van der Waals surface area contributed by atoms with E-state index >= 15 is 0 Å². The lowest BCUT2D eigenvalue weighted by Gasteiger charge is -2.07. The molecule has 1 heterocycles. The Bertz CT molecular complexity index is 326. The fourth-order valence-corrected chi connectivity index (χ4v) is 2.01. The molecule has 1 saturated carbocycles. The molecule has 0 unspecified atom stereocenters. The van der Waals surface area contributed by atoms with Gasteiger partial charge in [0.1, 0.15) is 0 Å². The van der Waals surface area contributed by atoms with Crippen LogP contribution in [0.1, 0.15) is 31.4 Å². The highest BCUT2D eigenvalue weighted by molar-refractivity contribution is 5.83. The molecule has 0 spiro atoms. The van der Waals surface area contributed by atoms with Crippen molar-refractivity contribution in [3.63, 3.8) is 0 Å². The van der Waals surface area contributed by atoms with Crippen molar-refractivity contribution in [2.45, 2.75) is 32.2 Å².